The maximum Gasteiger partial charge on any atom is 0.244 e. The second-order valence-electron chi connectivity index (χ2n) is 2.95. The second-order valence-corrected chi connectivity index (χ2v) is 2.95. The molecule has 1 unspecified atom stereocenters. The molecule has 0 aromatic rings. The van der Waals surface area contributed by atoms with Crippen molar-refractivity contribution in [2.75, 3.05) is 6.54 Å². The van der Waals surface area contributed by atoms with Gasteiger partial charge in [-0.25, -0.2) is 0 Å². The van der Waals surface area contributed by atoms with Crippen LogP contribution in [0.2, 0.25) is 0 Å². The number of amides is 2. The zero-order chi connectivity index (χ0) is 11.0. The monoisotopic (exact) mass is 199 g/mol. The quantitative estimate of drug-likeness (QED) is 0.372. The van der Waals surface area contributed by atoms with Gasteiger partial charge in [-0.15, -0.1) is 0 Å². The third-order valence-electron chi connectivity index (χ3n) is 1.79. The van der Waals surface area contributed by atoms with E-state index in [4.69, 9.17) is 11.5 Å². The lowest BCUT2D eigenvalue weighted by Gasteiger charge is -2.13. The maximum atomic E-state index is 10.9. The van der Waals surface area contributed by atoms with E-state index in [1.165, 1.54) is 0 Å². The van der Waals surface area contributed by atoms with Gasteiger partial charge >= 0.3 is 0 Å². The Morgan fingerprint density at radius 1 is 1.43 bits per heavy atom. The molecule has 0 fully saturated rings. The van der Waals surface area contributed by atoms with Crippen molar-refractivity contribution in [2.45, 2.75) is 25.3 Å². The summed E-state index contributed by atoms with van der Waals surface area (Å²) in [5, 5.41) is 2.45. The van der Waals surface area contributed by atoms with E-state index in [2.05, 4.69) is 11.9 Å². The number of hydrogen-bond donors (Lipinski definition) is 3. The molecule has 0 aromatic carbocycles. The van der Waals surface area contributed by atoms with E-state index in [1.807, 2.05) is 0 Å². The third kappa shape index (κ3) is 5.31. The van der Waals surface area contributed by atoms with E-state index in [-0.39, 0.29) is 5.91 Å². The van der Waals surface area contributed by atoms with Crippen molar-refractivity contribution >= 4 is 11.8 Å². The Labute approximate surface area is 83.5 Å². The van der Waals surface area contributed by atoms with Gasteiger partial charge in [-0.3, -0.25) is 9.59 Å². The topological polar surface area (TPSA) is 98.2 Å². The largest absolute Gasteiger partial charge is 0.368 e. The van der Waals surface area contributed by atoms with Crippen LogP contribution in [0.4, 0.5) is 0 Å². The third-order valence-corrected chi connectivity index (χ3v) is 1.79. The molecule has 0 aliphatic rings. The fraction of sp³-hybridized carbons (Fsp3) is 0.556. The van der Waals surface area contributed by atoms with Crippen LogP contribution in [0.5, 0.6) is 0 Å². The molecule has 5 N–H and O–H groups in total. The summed E-state index contributed by atoms with van der Waals surface area (Å²) in [5.41, 5.74) is 10.4. The summed E-state index contributed by atoms with van der Waals surface area (Å²) in [7, 11) is 0. The lowest BCUT2D eigenvalue weighted by Crippen LogP contribution is -2.43. The molecular formula is C9H17N3O2. The molecule has 0 saturated carbocycles. The zero-order valence-corrected chi connectivity index (χ0v) is 8.16. The molecule has 0 aromatic heterocycles. The van der Waals surface area contributed by atoms with Crippen LogP contribution in [-0.2, 0) is 9.59 Å². The molecule has 0 radical (unpaired) electrons. The molecule has 2 amide bonds. The van der Waals surface area contributed by atoms with Crippen LogP contribution < -0.4 is 16.8 Å². The minimum atomic E-state index is -0.618. The van der Waals surface area contributed by atoms with Gasteiger partial charge in [0.25, 0.3) is 0 Å². The minimum Gasteiger partial charge on any atom is -0.368 e. The highest BCUT2D eigenvalue weighted by molar-refractivity contribution is 5.91. The van der Waals surface area contributed by atoms with Crippen molar-refractivity contribution in [1.29, 1.82) is 0 Å². The molecule has 5 nitrogen and oxygen atoms in total. The molecule has 1 atom stereocenters. The number of nitrogens with two attached hydrogens (primary N) is 2. The van der Waals surface area contributed by atoms with Crippen molar-refractivity contribution in [1.82, 2.24) is 5.32 Å². The van der Waals surface area contributed by atoms with Crippen molar-refractivity contribution in [3.05, 3.63) is 12.7 Å². The molecule has 0 heterocycles. The summed E-state index contributed by atoms with van der Waals surface area (Å²) < 4.78 is 0. The van der Waals surface area contributed by atoms with Gasteiger partial charge in [0.15, 0.2) is 0 Å². The van der Waals surface area contributed by atoms with Crippen LogP contribution in [-0.4, -0.2) is 24.4 Å². The summed E-state index contributed by atoms with van der Waals surface area (Å²) in [6.07, 6.45) is 3.21. The number of hydrogen-bond acceptors (Lipinski definition) is 3. The summed E-state index contributed by atoms with van der Waals surface area (Å²) >= 11 is 0. The summed E-state index contributed by atoms with van der Waals surface area (Å²) in [6.45, 7) is 3.86. The highest BCUT2D eigenvalue weighted by Gasteiger charge is 2.15. The average Bonchev–Trinajstić information content (AvgIpc) is 2.16. The van der Waals surface area contributed by atoms with E-state index in [9.17, 15) is 9.59 Å². The SMILES string of the molecule is C=CC(=O)NC(CCCCN)C(N)=O. The lowest BCUT2D eigenvalue weighted by atomic mass is 10.1. The van der Waals surface area contributed by atoms with Gasteiger partial charge in [0.05, 0.1) is 0 Å². The van der Waals surface area contributed by atoms with Crippen LogP contribution in [0.1, 0.15) is 19.3 Å². The fourth-order valence-corrected chi connectivity index (χ4v) is 1.01. The predicted octanol–water partition coefficient (Wildman–Crippen LogP) is -0.728. The minimum absolute atomic E-state index is 0.387. The number of primary amides is 1. The van der Waals surface area contributed by atoms with Crippen molar-refractivity contribution in [2.24, 2.45) is 11.5 Å². The Morgan fingerprint density at radius 2 is 2.07 bits per heavy atom. The molecule has 5 heteroatoms. The summed E-state index contributed by atoms with van der Waals surface area (Å²) in [5.74, 6) is -0.918. The second kappa shape index (κ2) is 7.08. The fourth-order valence-electron chi connectivity index (χ4n) is 1.01. The average molecular weight is 199 g/mol. The van der Waals surface area contributed by atoms with Crippen molar-refractivity contribution in [3.63, 3.8) is 0 Å². The standard InChI is InChI=1S/C9H17N3O2/c1-2-8(13)12-7(9(11)14)5-3-4-6-10/h2,7H,1,3-6,10H2,(H2,11,14)(H,12,13). The Morgan fingerprint density at radius 3 is 2.50 bits per heavy atom. The van der Waals surface area contributed by atoms with Crippen LogP contribution in [0.3, 0.4) is 0 Å². The number of carbonyl (C=O) groups excluding carboxylic acids is 2. The molecule has 0 aliphatic heterocycles. The maximum absolute atomic E-state index is 10.9. The van der Waals surface area contributed by atoms with Gasteiger partial charge in [0.1, 0.15) is 6.04 Å². The first kappa shape index (κ1) is 12.6. The Bertz CT molecular complexity index is 216. The number of carbonyl (C=O) groups is 2. The first-order valence-electron chi connectivity index (χ1n) is 4.54. The predicted molar refractivity (Wildman–Crippen MR) is 54.2 cm³/mol. The highest BCUT2D eigenvalue weighted by atomic mass is 16.2. The van der Waals surface area contributed by atoms with Crippen LogP contribution in [0, 0.1) is 0 Å². The van der Waals surface area contributed by atoms with Crippen LogP contribution in [0.25, 0.3) is 0 Å². The first-order chi connectivity index (χ1) is 6.61. The van der Waals surface area contributed by atoms with Crippen LogP contribution in [0.15, 0.2) is 12.7 Å². The molecule has 0 spiro atoms. The first-order valence-corrected chi connectivity index (χ1v) is 4.54. The Hall–Kier alpha value is -1.36. The Balaban J connectivity index is 3.96. The van der Waals surface area contributed by atoms with Gasteiger partial charge in [-0.2, -0.15) is 0 Å². The van der Waals surface area contributed by atoms with E-state index in [0.717, 1.165) is 18.9 Å². The molecular weight excluding hydrogens is 182 g/mol. The number of unbranched alkanes of at least 4 members (excludes halogenated alkanes) is 1. The van der Waals surface area contributed by atoms with E-state index in [0.29, 0.717) is 13.0 Å². The lowest BCUT2D eigenvalue weighted by molar-refractivity contribution is -0.125. The Kier molecular flexibility index (Phi) is 6.39. The van der Waals surface area contributed by atoms with Gasteiger partial charge in [-0.05, 0) is 31.9 Å². The van der Waals surface area contributed by atoms with Crippen molar-refractivity contribution < 1.29 is 9.59 Å². The molecule has 0 aliphatic carbocycles. The van der Waals surface area contributed by atoms with E-state index < -0.39 is 11.9 Å². The summed E-state index contributed by atoms with van der Waals surface area (Å²) in [4.78, 5) is 21.8. The normalized spacial score (nSPS) is 11.8. The van der Waals surface area contributed by atoms with E-state index in [1.54, 1.807) is 0 Å². The van der Waals surface area contributed by atoms with Gasteiger partial charge in [0.2, 0.25) is 11.8 Å². The van der Waals surface area contributed by atoms with Gasteiger partial charge in [0, 0.05) is 0 Å². The number of rotatable bonds is 7. The van der Waals surface area contributed by atoms with E-state index >= 15 is 0 Å². The molecule has 0 bridgehead atoms. The summed E-state index contributed by atoms with van der Waals surface area (Å²) in [6, 6.07) is -0.618. The van der Waals surface area contributed by atoms with Crippen molar-refractivity contribution in [3.8, 4) is 0 Å². The smallest absolute Gasteiger partial charge is 0.244 e. The molecule has 0 rings (SSSR count). The van der Waals surface area contributed by atoms with Crippen LogP contribution >= 0.6 is 0 Å². The molecule has 80 valence electrons. The highest BCUT2D eigenvalue weighted by Crippen LogP contribution is 1.99. The number of nitrogens with one attached hydrogen (secondary N) is 1. The van der Waals surface area contributed by atoms with Gasteiger partial charge in [-0.1, -0.05) is 6.58 Å². The molecule has 14 heavy (non-hydrogen) atoms. The molecule has 0 saturated heterocycles. The van der Waals surface area contributed by atoms with Gasteiger partial charge < -0.3 is 16.8 Å². The zero-order valence-electron chi connectivity index (χ0n) is 8.16.